The molecule has 0 aromatic heterocycles. The molecule has 0 bridgehead atoms. The Bertz CT molecular complexity index is 359. The summed E-state index contributed by atoms with van der Waals surface area (Å²) in [5, 5.41) is 3.78. The summed E-state index contributed by atoms with van der Waals surface area (Å²) in [5.41, 5.74) is 0.687. The Kier molecular flexibility index (Phi) is 2.98. The number of benzene rings is 1. The van der Waals surface area contributed by atoms with Gasteiger partial charge < -0.3 is 5.32 Å². The summed E-state index contributed by atoms with van der Waals surface area (Å²) in [6.45, 7) is 3.97. The van der Waals surface area contributed by atoms with E-state index in [0.717, 1.165) is 31.5 Å². The fourth-order valence-corrected chi connectivity index (χ4v) is 2.42. The van der Waals surface area contributed by atoms with Crippen molar-refractivity contribution in [2.24, 2.45) is 0 Å². The van der Waals surface area contributed by atoms with Crippen molar-refractivity contribution >= 4 is 11.6 Å². The van der Waals surface area contributed by atoms with Crippen LogP contribution < -0.4 is 5.32 Å². The monoisotopic (exact) mass is 227 g/mol. The fourth-order valence-electron chi connectivity index (χ4n) is 2.27. The van der Waals surface area contributed by atoms with E-state index in [4.69, 9.17) is 11.6 Å². The second-order valence-corrected chi connectivity index (χ2v) is 4.90. The maximum atomic E-state index is 13.8. The van der Waals surface area contributed by atoms with E-state index in [1.54, 1.807) is 6.07 Å². The molecule has 1 fully saturated rings. The van der Waals surface area contributed by atoms with E-state index in [1.807, 2.05) is 6.07 Å². The van der Waals surface area contributed by atoms with Crippen LogP contribution in [-0.4, -0.2) is 13.1 Å². The molecule has 82 valence electrons. The standard InChI is InChI=1S/C12H15ClFN/c1-12(5-2-6-15-8-12)10-4-3-9(13)7-11(10)14/h3-4,7,15H,2,5-6,8H2,1H3. The maximum Gasteiger partial charge on any atom is 0.128 e. The minimum absolute atomic E-state index is 0.0904. The molecule has 1 aliphatic rings. The van der Waals surface area contributed by atoms with E-state index >= 15 is 0 Å². The van der Waals surface area contributed by atoms with Gasteiger partial charge in [0.2, 0.25) is 0 Å². The first-order valence-corrected chi connectivity index (χ1v) is 5.66. The topological polar surface area (TPSA) is 12.0 Å². The van der Waals surface area contributed by atoms with Crippen LogP contribution in [0.15, 0.2) is 18.2 Å². The van der Waals surface area contributed by atoms with Crippen molar-refractivity contribution in [3.8, 4) is 0 Å². The predicted molar refractivity (Wildman–Crippen MR) is 60.9 cm³/mol. The zero-order valence-electron chi connectivity index (χ0n) is 8.82. The zero-order chi connectivity index (χ0) is 10.9. The molecule has 0 amide bonds. The molecule has 1 atom stereocenters. The molecule has 1 saturated heterocycles. The van der Waals surface area contributed by atoms with E-state index in [9.17, 15) is 4.39 Å². The average Bonchev–Trinajstić information content (AvgIpc) is 2.18. The van der Waals surface area contributed by atoms with Gasteiger partial charge in [0.15, 0.2) is 0 Å². The van der Waals surface area contributed by atoms with Crippen molar-refractivity contribution in [3.05, 3.63) is 34.6 Å². The molecule has 1 N–H and O–H groups in total. The lowest BCUT2D eigenvalue weighted by atomic mass is 9.76. The van der Waals surface area contributed by atoms with Crippen molar-refractivity contribution in [2.45, 2.75) is 25.2 Å². The summed E-state index contributed by atoms with van der Waals surface area (Å²) in [4.78, 5) is 0. The van der Waals surface area contributed by atoms with Crippen LogP contribution in [0.5, 0.6) is 0 Å². The van der Waals surface area contributed by atoms with Crippen LogP contribution in [0.4, 0.5) is 4.39 Å². The van der Waals surface area contributed by atoms with Gasteiger partial charge in [-0.1, -0.05) is 24.6 Å². The van der Waals surface area contributed by atoms with E-state index in [2.05, 4.69) is 12.2 Å². The number of piperidine rings is 1. The van der Waals surface area contributed by atoms with Crippen molar-refractivity contribution in [1.82, 2.24) is 5.32 Å². The summed E-state index contributed by atoms with van der Waals surface area (Å²) >= 11 is 5.75. The highest BCUT2D eigenvalue weighted by molar-refractivity contribution is 6.30. The van der Waals surface area contributed by atoms with E-state index in [-0.39, 0.29) is 11.2 Å². The van der Waals surface area contributed by atoms with Crippen LogP contribution in [0, 0.1) is 5.82 Å². The van der Waals surface area contributed by atoms with Crippen LogP contribution >= 0.6 is 11.6 Å². The summed E-state index contributed by atoms with van der Waals surface area (Å²) in [6, 6.07) is 4.97. The second kappa shape index (κ2) is 4.11. The van der Waals surface area contributed by atoms with Crippen LogP contribution in [0.3, 0.4) is 0 Å². The Balaban J connectivity index is 2.35. The van der Waals surface area contributed by atoms with Gasteiger partial charge in [0, 0.05) is 17.0 Å². The van der Waals surface area contributed by atoms with Gasteiger partial charge >= 0.3 is 0 Å². The Labute approximate surface area is 94.6 Å². The normalized spacial score (nSPS) is 26.6. The van der Waals surface area contributed by atoms with Gasteiger partial charge in [0.05, 0.1) is 0 Å². The third-order valence-electron chi connectivity index (χ3n) is 3.18. The Hall–Kier alpha value is -0.600. The van der Waals surface area contributed by atoms with Gasteiger partial charge in [-0.25, -0.2) is 4.39 Å². The predicted octanol–water partition coefficient (Wildman–Crippen LogP) is 3.12. The number of rotatable bonds is 1. The second-order valence-electron chi connectivity index (χ2n) is 4.47. The summed E-state index contributed by atoms with van der Waals surface area (Å²) in [7, 11) is 0. The number of hydrogen-bond donors (Lipinski definition) is 1. The largest absolute Gasteiger partial charge is 0.316 e. The smallest absolute Gasteiger partial charge is 0.128 e. The molecule has 15 heavy (non-hydrogen) atoms. The number of nitrogens with one attached hydrogen (secondary N) is 1. The van der Waals surface area contributed by atoms with Gasteiger partial charge in [-0.2, -0.15) is 0 Å². The molecule has 1 unspecified atom stereocenters. The molecule has 1 nitrogen and oxygen atoms in total. The number of halogens is 2. The Morgan fingerprint density at radius 2 is 2.27 bits per heavy atom. The number of hydrogen-bond acceptors (Lipinski definition) is 1. The molecule has 1 heterocycles. The third kappa shape index (κ3) is 2.16. The van der Waals surface area contributed by atoms with Crippen LogP contribution in [-0.2, 0) is 5.41 Å². The van der Waals surface area contributed by atoms with Crippen LogP contribution in [0.25, 0.3) is 0 Å². The van der Waals surface area contributed by atoms with E-state index < -0.39 is 0 Å². The van der Waals surface area contributed by atoms with Crippen LogP contribution in [0.1, 0.15) is 25.3 Å². The molecule has 0 aliphatic carbocycles. The Morgan fingerprint density at radius 3 is 2.87 bits per heavy atom. The average molecular weight is 228 g/mol. The maximum absolute atomic E-state index is 13.8. The highest BCUT2D eigenvalue weighted by atomic mass is 35.5. The van der Waals surface area contributed by atoms with Gasteiger partial charge in [-0.05, 0) is 37.1 Å². The van der Waals surface area contributed by atoms with Crippen LogP contribution in [0.2, 0.25) is 5.02 Å². The van der Waals surface area contributed by atoms with Crippen molar-refractivity contribution < 1.29 is 4.39 Å². The van der Waals surface area contributed by atoms with E-state index in [1.165, 1.54) is 6.07 Å². The SMILES string of the molecule is CC1(c2ccc(Cl)cc2F)CCCNC1. The zero-order valence-corrected chi connectivity index (χ0v) is 9.57. The molecular weight excluding hydrogens is 213 g/mol. The highest BCUT2D eigenvalue weighted by Crippen LogP contribution is 2.33. The van der Waals surface area contributed by atoms with Gasteiger partial charge in [-0.15, -0.1) is 0 Å². The van der Waals surface area contributed by atoms with Gasteiger partial charge in [0.1, 0.15) is 5.82 Å². The van der Waals surface area contributed by atoms with Crippen molar-refractivity contribution in [2.75, 3.05) is 13.1 Å². The quantitative estimate of drug-likeness (QED) is 0.778. The molecule has 2 rings (SSSR count). The first-order chi connectivity index (χ1) is 7.12. The molecule has 0 spiro atoms. The molecule has 1 aromatic carbocycles. The van der Waals surface area contributed by atoms with Crippen molar-refractivity contribution in [1.29, 1.82) is 0 Å². The Morgan fingerprint density at radius 1 is 1.47 bits per heavy atom. The van der Waals surface area contributed by atoms with Gasteiger partial charge in [0.25, 0.3) is 0 Å². The van der Waals surface area contributed by atoms with Gasteiger partial charge in [-0.3, -0.25) is 0 Å². The molecular formula is C12H15ClFN. The first kappa shape index (κ1) is 10.9. The lowest BCUT2D eigenvalue weighted by Gasteiger charge is -2.34. The molecule has 3 heteroatoms. The summed E-state index contributed by atoms with van der Waals surface area (Å²) in [6.07, 6.45) is 2.12. The summed E-state index contributed by atoms with van der Waals surface area (Å²) in [5.74, 6) is -0.186. The minimum Gasteiger partial charge on any atom is -0.316 e. The lowest BCUT2D eigenvalue weighted by molar-refractivity contribution is 0.329. The lowest BCUT2D eigenvalue weighted by Crippen LogP contribution is -2.41. The highest BCUT2D eigenvalue weighted by Gasteiger charge is 2.31. The minimum atomic E-state index is -0.186. The third-order valence-corrected chi connectivity index (χ3v) is 3.41. The summed E-state index contributed by atoms with van der Waals surface area (Å²) < 4.78 is 13.8. The molecule has 1 aliphatic heterocycles. The molecule has 1 aromatic rings. The first-order valence-electron chi connectivity index (χ1n) is 5.28. The fraction of sp³-hybridized carbons (Fsp3) is 0.500. The van der Waals surface area contributed by atoms with E-state index in [0.29, 0.717) is 5.02 Å². The molecule has 0 saturated carbocycles. The molecule has 0 radical (unpaired) electrons. The van der Waals surface area contributed by atoms with Crippen molar-refractivity contribution in [3.63, 3.8) is 0 Å².